The third-order valence-electron chi connectivity index (χ3n) is 3.62. The standard InChI is InChI=1S/C16H13Cl2N2O5PS/c17-12-7-13(18)9-14(8-12)27(24,25)20(10-26(21,22)23)15-5-1-3-11-4-2-6-19-16(11)15/h1-9H,10H2,(H2,21,22,23). The van der Waals surface area contributed by atoms with Crippen molar-refractivity contribution >= 4 is 57.4 Å². The van der Waals surface area contributed by atoms with Gasteiger partial charge in [-0.25, -0.2) is 8.42 Å². The molecule has 0 atom stereocenters. The minimum Gasteiger partial charge on any atom is -0.323 e. The molecule has 0 unspecified atom stereocenters. The van der Waals surface area contributed by atoms with Gasteiger partial charge in [0.2, 0.25) is 0 Å². The van der Waals surface area contributed by atoms with Crippen LogP contribution in [0.5, 0.6) is 0 Å². The van der Waals surface area contributed by atoms with Crippen molar-refractivity contribution < 1.29 is 22.8 Å². The summed E-state index contributed by atoms with van der Waals surface area (Å²) in [5, 5.41) is 0.770. The lowest BCUT2D eigenvalue weighted by atomic mass is 10.2. The SMILES string of the molecule is O=P(O)(O)CN(c1cccc2cccnc12)S(=O)(=O)c1cc(Cl)cc(Cl)c1. The number of rotatable bonds is 5. The molecule has 0 spiro atoms. The molecule has 0 radical (unpaired) electrons. The topological polar surface area (TPSA) is 108 Å². The molecule has 1 aromatic heterocycles. The highest BCUT2D eigenvalue weighted by atomic mass is 35.5. The summed E-state index contributed by atoms with van der Waals surface area (Å²) in [5.41, 5.74) is 0.317. The van der Waals surface area contributed by atoms with Crippen molar-refractivity contribution in [2.45, 2.75) is 4.90 Å². The summed E-state index contributed by atoms with van der Waals surface area (Å²) in [6.07, 6.45) is 0.402. The lowest BCUT2D eigenvalue weighted by molar-refractivity contribution is 0.373. The molecule has 7 nitrogen and oxygen atoms in total. The van der Waals surface area contributed by atoms with E-state index in [0.29, 0.717) is 9.69 Å². The van der Waals surface area contributed by atoms with E-state index in [1.54, 1.807) is 24.3 Å². The van der Waals surface area contributed by atoms with Gasteiger partial charge in [-0.05, 0) is 30.3 Å². The highest BCUT2D eigenvalue weighted by Crippen LogP contribution is 2.41. The molecule has 0 saturated carbocycles. The Balaban J connectivity index is 2.26. The maximum Gasteiger partial charge on any atom is 0.345 e. The first-order chi connectivity index (χ1) is 12.6. The predicted octanol–water partition coefficient (Wildman–Crippen LogP) is 3.87. The number of sulfonamides is 1. The number of halogens is 2. The van der Waals surface area contributed by atoms with Gasteiger partial charge in [0.1, 0.15) is 6.29 Å². The molecule has 0 amide bonds. The number of fused-ring (bicyclic) bond motifs is 1. The van der Waals surface area contributed by atoms with E-state index >= 15 is 0 Å². The van der Waals surface area contributed by atoms with Gasteiger partial charge in [0.15, 0.2) is 0 Å². The zero-order valence-electron chi connectivity index (χ0n) is 13.5. The molecular formula is C16H13Cl2N2O5PS. The van der Waals surface area contributed by atoms with Gasteiger partial charge in [-0.1, -0.05) is 41.4 Å². The molecule has 0 bridgehead atoms. The fraction of sp³-hybridized carbons (Fsp3) is 0.0625. The second-order valence-corrected chi connectivity index (χ2v) is 9.96. The summed E-state index contributed by atoms with van der Waals surface area (Å²) in [7, 11) is -9.14. The molecule has 3 aromatic rings. The smallest absolute Gasteiger partial charge is 0.323 e. The van der Waals surface area contributed by atoms with E-state index in [-0.39, 0.29) is 26.1 Å². The minimum atomic E-state index is -4.75. The van der Waals surface area contributed by atoms with Crippen LogP contribution < -0.4 is 4.31 Å². The van der Waals surface area contributed by atoms with Gasteiger partial charge >= 0.3 is 7.60 Å². The van der Waals surface area contributed by atoms with Crippen LogP contribution in [0, 0.1) is 0 Å². The number of para-hydroxylation sites is 1. The summed E-state index contributed by atoms with van der Waals surface area (Å²) in [4.78, 5) is 22.8. The van der Waals surface area contributed by atoms with Crippen LogP contribution in [-0.4, -0.2) is 29.5 Å². The van der Waals surface area contributed by atoms with Crippen molar-refractivity contribution in [3.05, 3.63) is 64.8 Å². The van der Waals surface area contributed by atoms with E-state index < -0.39 is 23.9 Å². The van der Waals surface area contributed by atoms with Crippen LogP contribution in [0.4, 0.5) is 5.69 Å². The van der Waals surface area contributed by atoms with Gasteiger partial charge in [0, 0.05) is 21.6 Å². The van der Waals surface area contributed by atoms with Crippen LogP contribution in [0.2, 0.25) is 10.0 Å². The van der Waals surface area contributed by atoms with Gasteiger partial charge in [0.25, 0.3) is 10.0 Å². The molecule has 1 heterocycles. The van der Waals surface area contributed by atoms with Crippen LogP contribution in [-0.2, 0) is 14.6 Å². The fourth-order valence-electron chi connectivity index (χ4n) is 2.54. The average Bonchev–Trinajstić information content (AvgIpc) is 2.57. The van der Waals surface area contributed by atoms with E-state index in [4.69, 9.17) is 23.2 Å². The number of anilines is 1. The predicted molar refractivity (Wildman–Crippen MR) is 105 cm³/mol. The highest BCUT2D eigenvalue weighted by molar-refractivity contribution is 7.93. The minimum absolute atomic E-state index is 0.0347. The Labute approximate surface area is 165 Å². The number of hydrogen-bond donors (Lipinski definition) is 2. The average molecular weight is 447 g/mol. The lowest BCUT2D eigenvalue weighted by Gasteiger charge is -2.25. The number of benzene rings is 2. The third kappa shape index (κ3) is 4.43. The normalized spacial score (nSPS) is 12.3. The fourth-order valence-corrected chi connectivity index (χ4v) is 5.96. The van der Waals surface area contributed by atoms with Crippen LogP contribution >= 0.6 is 30.8 Å². The van der Waals surface area contributed by atoms with Gasteiger partial charge in [-0.3, -0.25) is 13.9 Å². The number of nitrogens with zero attached hydrogens (tertiary/aromatic N) is 2. The van der Waals surface area contributed by atoms with E-state index in [2.05, 4.69) is 4.98 Å². The molecule has 27 heavy (non-hydrogen) atoms. The highest BCUT2D eigenvalue weighted by Gasteiger charge is 2.32. The number of pyridine rings is 1. The lowest BCUT2D eigenvalue weighted by Crippen LogP contribution is -2.32. The zero-order valence-corrected chi connectivity index (χ0v) is 16.8. The molecular weight excluding hydrogens is 434 g/mol. The van der Waals surface area contributed by atoms with Gasteiger partial charge in [-0.15, -0.1) is 0 Å². The molecule has 2 aromatic carbocycles. The Morgan fingerprint density at radius 1 is 1.04 bits per heavy atom. The van der Waals surface area contributed by atoms with Gasteiger partial charge in [-0.2, -0.15) is 0 Å². The van der Waals surface area contributed by atoms with Crippen LogP contribution in [0.3, 0.4) is 0 Å². The number of hydrogen-bond acceptors (Lipinski definition) is 4. The molecule has 0 aliphatic heterocycles. The number of aromatic nitrogens is 1. The molecule has 142 valence electrons. The van der Waals surface area contributed by atoms with E-state index in [1.165, 1.54) is 18.3 Å². The molecule has 0 aliphatic carbocycles. The van der Waals surface area contributed by atoms with Crippen LogP contribution in [0.15, 0.2) is 59.6 Å². The monoisotopic (exact) mass is 446 g/mol. The summed E-state index contributed by atoms with van der Waals surface area (Å²) < 4.78 is 38.7. The van der Waals surface area contributed by atoms with Crippen molar-refractivity contribution in [2.24, 2.45) is 0 Å². The summed E-state index contributed by atoms with van der Waals surface area (Å²) >= 11 is 11.8. The maximum atomic E-state index is 13.2. The first-order valence-electron chi connectivity index (χ1n) is 7.45. The summed E-state index contributed by atoms with van der Waals surface area (Å²) in [6, 6.07) is 11.8. The van der Waals surface area contributed by atoms with Crippen molar-refractivity contribution in [2.75, 3.05) is 10.6 Å². The van der Waals surface area contributed by atoms with Gasteiger partial charge in [0.05, 0.1) is 16.1 Å². The van der Waals surface area contributed by atoms with E-state index in [1.807, 2.05) is 0 Å². The Morgan fingerprint density at radius 3 is 2.30 bits per heavy atom. The first kappa shape index (κ1) is 20.1. The maximum absolute atomic E-state index is 13.2. The Bertz CT molecular complexity index is 1140. The quantitative estimate of drug-likeness (QED) is 0.575. The van der Waals surface area contributed by atoms with Crippen molar-refractivity contribution in [3.63, 3.8) is 0 Å². The van der Waals surface area contributed by atoms with Crippen molar-refractivity contribution in [1.29, 1.82) is 0 Å². The summed E-state index contributed by atoms with van der Waals surface area (Å²) in [6.45, 7) is 0. The molecule has 11 heteroatoms. The molecule has 0 fully saturated rings. The molecule has 0 aliphatic rings. The second-order valence-electron chi connectivity index (χ2n) is 5.62. The largest absolute Gasteiger partial charge is 0.345 e. The first-order valence-corrected chi connectivity index (χ1v) is 11.4. The Morgan fingerprint density at radius 2 is 1.67 bits per heavy atom. The summed E-state index contributed by atoms with van der Waals surface area (Å²) in [5.74, 6) is 0. The Hall–Kier alpha value is -1.67. The van der Waals surface area contributed by atoms with E-state index in [0.717, 1.165) is 12.1 Å². The molecule has 0 saturated heterocycles. The zero-order chi connectivity index (χ0) is 19.8. The van der Waals surface area contributed by atoms with Crippen molar-refractivity contribution in [3.8, 4) is 0 Å². The molecule has 2 N–H and O–H groups in total. The van der Waals surface area contributed by atoms with Crippen LogP contribution in [0.1, 0.15) is 0 Å². The van der Waals surface area contributed by atoms with Crippen LogP contribution in [0.25, 0.3) is 10.9 Å². The van der Waals surface area contributed by atoms with Crippen molar-refractivity contribution in [1.82, 2.24) is 4.98 Å². The second kappa shape index (κ2) is 7.39. The van der Waals surface area contributed by atoms with Gasteiger partial charge < -0.3 is 9.79 Å². The third-order valence-corrected chi connectivity index (χ3v) is 6.63. The Kier molecular flexibility index (Phi) is 5.49. The van der Waals surface area contributed by atoms with E-state index in [9.17, 15) is 22.8 Å². The molecule has 3 rings (SSSR count).